The van der Waals surface area contributed by atoms with Gasteiger partial charge in [-0.15, -0.1) is 0 Å². The summed E-state index contributed by atoms with van der Waals surface area (Å²) in [4.78, 5) is 11.6. The molecule has 0 heterocycles. The van der Waals surface area contributed by atoms with Gasteiger partial charge in [0.1, 0.15) is 0 Å². The number of carbonyl (C=O) groups excluding carboxylic acids is 1. The zero-order valence-electron chi connectivity index (χ0n) is 15.3. The third kappa shape index (κ3) is 15.5. The summed E-state index contributed by atoms with van der Waals surface area (Å²) < 4.78 is 10.4. The molecule has 0 radical (unpaired) electrons. The van der Waals surface area contributed by atoms with Gasteiger partial charge in [0.15, 0.2) is 6.23 Å². The van der Waals surface area contributed by atoms with Crippen molar-refractivity contribution >= 4 is 6.09 Å². The van der Waals surface area contributed by atoms with E-state index in [1.807, 2.05) is 6.92 Å². The van der Waals surface area contributed by atoms with Gasteiger partial charge in [-0.2, -0.15) is 0 Å². The summed E-state index contributed by atoms with van der Waals surface area (Å²) >= 11 is 0. The van der Waals surface area contributed by atoms with Crippen LogP contribution in [-0.2, 0) is 9.47 Å². The molecule has 1 atom stereocenters. The Hall–Kier alpha value is -1.19. The van der Waals surface area contributed by atoms with E-state index in [1.54, 1.807) is 0 Å². The van der Waals surface area contributed by atoms with Gasteiger partial charge < -0.3 is 9.47 Å². The number of ether oxygens (including phenoxy) is 2. The lowest BCUT2D eigenvalue weighted by molar-refractivity contribution is 0.0804. The van der Waals surface area contributed by atoms with E-state index < -0.39 is 6.09 Å². The van der Waals surface area contributed by atoms with E-state index in [0.717, 1.165) is 25.7 Å². The third-order valence-electron chi connectivity index (χ3n) is 3.82. The first-order valence-corrected chi connectivity index (χ1v) is 9.44. The second kappa shape index (κ2) is 17.2. The van der Waals surface area contributed by atoms with Crippen LogP contribution in [0.2, 0.25) is 0 Å². The number of hydrogen-bond donors (Lipinski definition) is 1. The molecule has 0 aliphatic rings. The maximum absolute atomic E-state index is 11.6. The zero-order chi connectivity index (χ0) is 17.2. The van der Waals surface area contributed by atoms with Crippen LogP contribution >= 0.6 is 0 Å². The average molecular weight is 328 g/mol. The van der Waals surface area contributed by atoms with Gasteiger partial charge in [-0.3, -0.25) is 5.32 Å². The Labute approximate surface area is 143 Å². The lowest BCUT2D eigenvalue weighted by atomic mass is 10.1. The predicted molar refractivity (Wildman–Crippen MR) is 96.3 cm³/mol. The highest BCUT2D eigenvalue weighted by Crippen LogP contribution is 2.10. The number of nitrogens with one attached hydrogen (secondary N) is 1. The van der Waals surface area contributed by atoms with Crippen molar-refractivity contribution in [3.05, 3.63) is 12.8 Å². The maximum Gasteiger partial charge on any atom is 0.409 e. The Bertz CT molecular complexity index is 282. The van der Waals surface area contributed by atoms with Crippen LogP contribution in [-0.4, -0.2) is 18.9 Å². The molecule has 23 heavy (non-hydrogen) atoms. The third-order valence-corrected chi connectivity index (χ3v) is 3.82. The van der Waals surface area contributed by atoms with E-state index >= 15 is 0 Å². The van der Waals surface area contributed by atoms with Crippen LogP contribution < -0.4 is 5.32 Å². The molecule has 0 spiro atoms. The Morgan fingerprint density at radius 1 is 0.957 bits per heavy atom. The van der Waals surface area contributed by atoms with Crippen molar-refractivity contribution in [2.24, 2.45) is 0 Å². The molecule has 0 bridgehead atoms. The first-order valence-electron chi connectivity index (χ1n) is 9.44. The normalized spacial score (nSPS) is 11.7. The molecule has 0 aliphatic carbocycles. The summed E-state index contributed by atoms with van der Waals surface area (Å²) in [6, 6.07) is 0. The largest absolute Gasteiger partial charge is 0.479 e. The Morgan fingerprint density at radius 2 is 1.52 bits per heavy atom. The fourth-order valence-electron chi connectivity index (χ4n) is 2.48. The minimum Gasteiger partial charge on any atom is -0.479 e. The molecular formula is C19H37NO3. The predicted octanol–water partition coefficient (Wildman–Crippen LogP) is 5.92. The van der Waals surface area contributed by atoms with E-state index in [0.29, 0.717) is 6.61 Å². The topological polar surface area (TPSA) is 47.6 Å². The van der Waals surface area contributed by atoms with Gasteiger partial charge in [0.05, 0.1) is 12.9 Å². The summed E-state index contributed by atoms with van der Waals surface area (Å²) in [5, 5.41) is 2.70. The van der Waals surface area contributed by atoms with Crippen LogP contribution in [0.15, 0.2) is 12.8 Å². The Morgan fingerprint density at radius 3 is 2.04 bits per heavy atom. The molecule has 1 unspecified atom stereocenters. The second-order valence-electron chi connectivity index (χ2n) is 6.04. The number of amides is 1. The molecule has 0 aromatic heterocycles. The number of rotatable bonds is 16. The van der Waals surface area contributed by atoms with Crippen molar-refractivity contribution in [1.29, 1.82) is 0 Å². The second-order valence-corrected chi connectivity index (χ2v) is 6.04. The van der Waals surface area contributed by atoms with Crippen LogP contribution in [0.4, 0.5) is 4.79 Å². The quantitative estimate of drug-likeness (QED) is 0.217. The molecule has 0 aromatic carbocycles. The molecule has 136 valence electrons. The highest BCUT2D eigenvalue weighted by Gasteiger charge is 2.11. The van der Waals surface area contributed by atoms with E-state index in [9.17, 15) is 4.79 Å². The molecule has 1 amide bonds. The van der Waals surface area contributed by atoms with Crippen molar-refractivity contribution in [2.75, 3.05) is 6.61 Å². The lowest BCUT2D eigenvalue weighted by Crippen LogP contribution is -2.36. The number of unbranched alkanes of at least 4 members (excludes halogenated alkanes) is 9. The number of hydrogen-bond acceptors (Lipinski definition) is 3. The van der Waals surface area contributed by atoms with Gasteiger partial charge in [0.25, 0.3) is 0 Å². The van der Waals surface area contributed by atoms with Crippen LogP contribution in [0.5, 0.6) is 0 Å². The minimum absolute atomic E-state index is 0.335. The van der Waals surface area contributed by atoms with Crippen molar-refractivity contribution in [3.8, 4) is 0 Å². The van der Waals surface area contributed by atoms with Crippen LogP contribution in [0, 0.1) is 0 Å². The molecular weight excluding hydrogens is 290 g/mol. The van der Waals surface area contributed by atoms with Gasteiger partial charge in [0.2, 0.25) is 0 Å². The summed E-state index contributed by atoms with van der Waals surface area (Å²) in [5.41, 5.74) is 0. The number of alkyl carbamates (subject to hydrolysis) is 1. The van der Waals surface area contributed by atoms with E-state index in [4.69, 9.17) is 9.47 Å². The van der Waals surface area contributed by atoms with Gasteiger partial charge in [-0.05, 0) is 6.42 Å². The fourth-order valence-corrected chi connectivity index (χ4v) is 2.48. The Balaban J connectivity index is 3.39. The minimum atomic E-state index is -0.402. The fraction of sp³-hybridized carbons (Fsp3) is 0.842. The summed E-state index contributed by atoms with van der Waals surface area (Å²) in [6.07, 6.45) is 15.0. The van der Waals surface area contributed by atoms with Crippen molar-refractivity contribution in [1.82, 2.24) is 5.32 Å². The molecule has 0 aromatic rings. The van der Waals surface area contributed by atoms with Crippen molar-refractivity contribution in [2.45, 2.75) is 97.1 Å². The highest BCUT2D eigenvalue weighted by molar-refractivity contribution is 5.67. The summed E-state index contributed by atoms with van der Waals surface area (Å²) in [7, 11) is 0. The van der Waals surface area contributed by atoms with Crippen molar-refractivity contribution < 1.29 is 14.3 Å². The lowest BCUT2D eigenvalue weighted by Gasteiger charge is -2.17. The Kier molecular flexibility index (Phi) is 16.3. The molecule has 4 nitrogen and oxygen atoms in total. The standard InChI is InChI=1S/C19H37NO3/c1-4-7-8-9-10-11-12-13-14-15-17-23-19(21)20-18(16-5-2)22-6-3/h6,18H,3-5,7-17H2,1-2H3,(H,20,21). The number of carbonyl (C=O) groups is 1. The molecule has 0 fully saturated rings. The van der Waals surface area contributed by atoms with E-state index in [-0.39, 0.29) is 6.23 Å². The molecule has 0 aliphatic heterocycles. The highest BCUT2D eigenvalue weighted by atomic mass is 16.6. The molecule has 0 saturated heterocycles. The first-order chi connectivity index (χ1) is 11.2. The van der Waals surface area contributed by atoms with Gasteiger partial charge in [-0.25, -0.2) is 4.79 Å². The SMILES string of the molecule is C=COC(CCC)NC(=O)OCCCCCCCCCCCC. The van der Waals surface area contributed by atoms with Crippen LogP contribution in [0.3, 0.4) is 0 Å². The summed E-state index contributed by atoms with van der Waals surface area (Å²) in [6.45, 7) is 8.28. The summed E-state index contributed by atoms with van der Waals surface area (Å²) in [5.74, 6) is 0. The molecule has 0 saturated carbocycles. The van der Waals surface area contributed by atoms with E-state index in [2.05, 4.69) is 18.8 Å². The zero-order valence-corrected chi connectivity index (χ0v) is 15.3. The van der Waals surface area contributed by atoms with Gasteiger partial charge in [-0.1, -0.05) is 84.6 Å². The van der Waals surface area contributed by atoms with Crippen molar-refractivity contribution in [3.63, 3.8) is 0 Å². The van der Waals surface area contributed by atoms with Gasteiger partial charge >= 0.3 is 6.09 Å². The van der Waals surface area contributed by atoms with Crippen LogP contribution in [0.1, 0.15) is 90.9 Å². The molecule has 4 heteroatoms. The molecule has 1 N–H and O–H groups in total. The maximum atomic E-state index is 11.6. The molecule has 0 rings (SSSR count). The first kappa shape index (κ1) is 21.8. The monoisotopic (exact) mass is 327 g/mol. The smallest absolute Gasteiger partial charge is 0.409 e. The average Bonchev–Trinajstić information content (AvgIpc) is 2.53. The van der Waals surface area contributed by atoms with Gasteiger partial charge in [0, 0.05) is 6.42 Å². The van der Waals surface area contributed by atoms with Crippen LogP contribution in [0.25, 0.3) is 0 Å². The van der Waals surface area contributed by atoms with E-state index in [1.165, 1.54) is 57.6 Å².